The number of hydrogen-bond acceptors (Lipinski definition) is 3. The molecule has 0 radical (unpaired) electrons. The number of aliphatic hydroxyl groups excluding tert-OH is 1. The van der Waals surface area contributed by atoms with Crippen LogP contribution in [0.4, 0.5) is 0 Å². The van der Waals surface area contributed by atoms with E-state index in [4.69, 9.17) is 11.6 Å². The van der Waals surface area contributed by atoms with Crippen LogP contribution in [0.25, 0.3) is 0 Å². The third kappa shape index (κ3) is 3.22. The molecular formula is C13H12ClNOS. The summed E-state index contributed by atoms with van der Waals surface area (Å²) in [7, 11) is 0. The summed E-state index contributed by atoms with van der Waals surface area (Å²) in [6.07, 6.45) is 1.20. The molecule has 1 N–H and O–H groups in total. The number of halogens is 1. The van der Waals surface area contributed by atoms with Crippen LogP contribution in [0.15, 0.2) is 52.5 Å². The Morgan fingerprint density at radius 3 is 2.82 bits per heavy atom. The van der Waals surface area contributed by atoms with E-state index in [0.29, 0.717) is 5.02 Å². The molecule has 0 aliphatic carbocycles. The highest BCUT2D eigenvalue weighted by Crippen LogP contribution is 2.32. The second-order valence-corrected chi connectivity index (χ2v) is 5.13. The molecule has 1 atom stereocenters. The lowest BCUT2D eigenvalue weighted by atomic mass is 10.2. The molecule has 17 heavy (non-hydrogen) atoms. The van der Waals surface area contributed by atoms with E-state index in [1.807, 2.05) is 36.4 Å². The fourth-order valence-corrected chi connectivity index (χ4v) is 2.73. The zero-order valence-corrected chi connectivity index (χ0v) is 10.9. The van der Waals surface area contributed by atoms with Gasteiger partial charge in [0, 0.05) is 21.7 Å². The van der Waals surface area contributed by atoms with Crippen LogP contribution in [0.1, 0.15) is 18.6 Å². The van der Waals surface area contributed by atoms with Crippen molar-refractivity contribution >= 4 is 23.4 Å². The lowest BCUT2D eigenvalue weighted by Gasteiger charge is -2.10. The first-order valence-corrected chi connectivity index (χ1v) is 6.42. The van der Waals surface area contributed by atoms with Gasteiger partial charge in [-0.15, -0.1) is 0 Å². The SMILES string of the molecule is C[C@H](O)c1cccnc1Sc1cccc(Cl)c1. The van der Waals surface area contributed by atoms with Crippen LogP contribution in [0, 0.1) is 0 Å². The molecule has 0 bridgehead atoms. The third-order valence-corrected chi connectivity index (χ3v) is 3.52. The molecule has 2 rings (SSSR count). The molecule has 0 fully saturated rings. The van der Waals surface area contributed by atoms with Gasteiger partial charge in [-0.3, -0.25) is 0 Å². The van der Waals surface area contributed by atoms with E-state index < -0.39 is 6.10 Å². The van der Waals surface area contributed by atoms with Gasteiger partial charge in [-0.1, -0.05) is 35.5 Å². The molecule has 1 aromatic heterocycles. The number of aromatic nitrogens is 1. The van der Waals surface area contributed by atoms with E-state index in [-0.39, 0.29) is 0 Å². The molecule has 0 unspecified atom stereocenters. The molecule has 0 aliphatic heterocycles. The first-order chi connectivity index (χ1) is 8.16. The van der Waals surface area contributed by atoms with Crippen LogP contribution >= 0.6 is 23.4 Å². The average Bonchev–Trinajstić information content (AvgIpc) is 2.29. The van der Waals surface area contributed by atoms with Crippen LogP contribution in [0.3, 0.4) is 0 Å². The van der Waals surface area contributed by atoms with Gasteiger partial charge in [-0.25, -0.2) is 4.98 Å². The third-order valence-electron chi connectivity index (χ3n) is 2.26. The summed E-state index contributed by atoms with van der Waals surface area (Å²) >= 11 is 7.43. The number of pyridine rings is 1. The first-order valence-electron chi connectivity index (χ1n) is 5.23. The van der Waals surface area contributed by atoms with Gasteiger partial charge in [0.15, 0.2) is 0 Å². The molecule has 4 heteroatoms. The monoisotopic (exact) mass is 265 g/mol. The average molecular weight is 266 g/mol. The van der Waals surface area contributed by atoms with E-state index in [2.05, 4.69) is 4.98 Å². The zero-order valence-electron chi connectivity index (χ0n) is 9.30. The Morgan fingerprint density at radius 1 is 1.29 bits per heavy atom. The molecule has 0 amide bonds. The Hall–Kier alpha value is -1.03. The minimum absolute atomic E-state index is 0.523. The summed E-state index contributed by atoms with van der Waals surface area (Å²) in [5.74, 6) is 0. The van der Waals surface area contributed by atoms with Gasteiger partial charge in [0.25, 0.3) is 0 Å². The van der Waals surface area contributed by atoms with Crippen molar-refractivity contribution in [2.75, 3.05) is 0 Å². The van der Waals surface area contributed by atoms with Gasteiger partial charge in [-0.2, -0.15) is 0 Å². The summed E-state index contributed by atoms with van der Waals surface area (Å²) < 4.78 is 0. The topological polar surface area (TPSA) is 33.1 Å². The standard InChI is InChI=1S/C13H12ClNOS/c1-9(16)12-6-3-7-15-13(12)17-11-5-2-4-10(14)8-11/h2-9,16H,1H3/t9-/m0/s1. The summed E-state index contributed by atoms with van der Waals surface area (Å²) in [5.41, 5.74) is 0.831. The molecule has 2 nitrogen and oxygen atoms in total. The summed E-state index contributed by atoms with van der Waals surface area (Å²) in [4.78, 5) is 5.30. The normalized spacial score (nSPS) is 12.4. The van der Waals surface area contributed by atoms with Crippen molar-refractivity contribution in [3.05, 3.63) is 53.2 Å². The fourth-order valence-electron chi connectivity index (χ4n) is 1.45. The predicted molar refractivity (Wildman–Crippen MR) is 70.4 cm³/mol. The molecule has 0 saturated carbocycles. The first kappa shape index (κ1) is 12.4. The van der Waals surface area contributed by atoms with Crippen LogP contribution in [-0.2, 0) is 0 Å². The van der Waals surface area contributed by atoms with E-state index >= 15 is 0 Å². The van der Waals surface area contributed by atoms with Crippen LogP contribution in [0.5, 0.6) is 0 Å². The van der Waals surface area contributed by atoms with E-state index in [0.717, 1.165) is 15.5 Å². The Labute approximate surface area is 110 Å². The van der Waals surface area contributed by atoms with Crippen LogP contribution in [0.2, 0.25) is 5.02 Å². The van der Waals surface area contributed by atoms with Crippen molar-refractivity contribution in [3.63, 3.8) is 0 Å². The second kappa shape index (κ2) is 5.54. The Kier molecular flexibility index (Phi) is 4.05. The molecular weight excluding hydrogens is 254 g/mol. The Balaban J connectivity index is 2.30. The summed E-state index contributed by atoms with van der Waals surface area (Å²) in [6.45, 7) is 1.74. The maximum atomic E-state index is 9.66. The van der Waals surface area contributed by atoms with E-state index in [1.54, 1.807) is 13.1 Å². The Bertz CT molecular complexity index is 516. The van der Waals surface area contributed by atoms with Gasteiger partial charge in [-0.05, 0) is 31.2 Å². The Morgan fingerprint density at radius 2 is 2.12 bits per heavy atom. The largest absolute Gasteiger partial charge is 0.389 e. The lowest BCUT2D eigenvalue weighted by Crippen LogP contribution is -1.95. The minimum atomic E-state index is -0.523. The van der Waals surface area contributed by atoms with Crippen molar-refractivity contribution in [1.29, 1.82) is 0 Å². The van der Waals surface area contributed by atoms with Gasteiger partial charge < -0.3 is 5.11 Å². The number of benzene rings is 1. The molecule has 88 valence electrons. The molecule has 0 spiro atoms. The van der Waals surface area contributed by atoms with Gasteiger partial charge in [0.1, 0.15) is 5.03 Å². The van der Waals surface area contributed by atoms with Crippen molar-refractivity contribution < 1.29 is 5.11 Å². The summed E-state index contributed by atoms with van der Waals surface area (Å²) in [6, 6.07) is 11.3. The van der Waals surface area contributed by atoms with Crippen molar-refractivity contribution in [2.45, 2.75) is 22.9 Å². The van der Waals surface area contributed by atoms with Crippen molar-refractivity contribution in [1.82, 2.24) is 4.98 Å². The molecule has 2 aromatic rings. The number of hydrogen-bond donors (Lipinski definition) is 1. The molecule has 1 heterocycles. The van der Waals surface area contributed by atoms with Gasteiger partial charge in [0.05, 0.1) is 6.10 Å². The minimum Gasteiger partial charge on any atom is -0.389 e. The van der Waals surface area contributed by atoms with Gasteiger partial charge >= 0.3 is 0 Å². The molecule has 1 aromatic carbocycles. The predicted octanol–water partition coefficient (Wildman–Crippen LogP) is 3.94. The highest BCUT2D eigenvalue weighted by molar-refractivity contribution is 7.99. The summed E-state index contributed by atoms with van der Waals surface area (Å²) in [5, 5.41) is 11.2. The smallest absolute Gasteiger partial charge is 0.106 e. The van der Waals surface area contributed by atoms with Crippen molar-refractivity contribution in [3.8, 4) is 0 Å². The maximum Gasteiger partial charge on any atom is 0.106 e. The van der Waals surface area contributed by atoms with Crippen molar-refractivity contribution in [2.24, 2.45) is 0 Å². The highest BCUT2D eigenvalue weighted by Gasteiger charge is 2.09. The molecule has 0 saturated heterocycles. The van der Waals surface area contributed by atoms with Gasteiger partial charge in [0.2, 0.25) is 0 Å². The highest BCUT2D eigenvalue weighted by atomic mass is 35.5. The molecule has 0 aliphatic rings. The zero-order chi connectivity index (χ0) is 12.3. The lowest BCUT2D eigenvalue weighted by molar-refractivity contribution is 0.195. The van der Waals surface area contributed by atoms with Crippen LogP contribution in [-0.4, -0.2) is 10.1 Å². The second-order valence-electron chi connectivity index (χ2n) is 3.63. The quantitative estimate of drug-likeness (QED) is 0.913. The number of rotatable bonds is 3. The fraction of sp³-hybridized carbons (Fsp3) is 0.154. The van der Waals surface area contributed by atoms with E-state index in [9.17, 15) is 5.11 Å². The number of nitrogens with zero attached hydrogens (tertiary/aromatic N) is 1. The van der Waals surface area contributed by atoms with Crippen LogP contribution < -0.4 is 0 Å². The number of aliphatic hydroxyl groups is 1. The maximum absolute atomic E-state index is 9.66. The van der Waals surface area contributed by atoms with E-state index in [1.165, 1.54) is 11.8 Å².